The summed E-state index contributed by atoms with van der Waals surface area (Å²) in [6, 6.07) is 6.02. The largest absolute Gasteiger partial charge is 0.392 e. The number of hydrogen-bond acceptors (Lipinski definition) is 7. The predicted molar refractivity (Wildman–Crippen MR) is 118 cm³/mol. The summed E-state index contributed by atoms with van der Waals surface area (Å²) in [5, 5.41) is 13.8. The third-order valence-corrected chi connectivity index (χ3v) is 6.22. The van der Waals surface area contributed by atoms with E-state index in [2.05, 4.69) is 40.1 Å². The number of aliphatic hydroxyl groups is 1. The number of ether oxygens (including phenoxy) is 1. The van der Waals surface area contributed by atoms with E-state index in [0.717, 1.165) is 35.5 Å². The van der Waals surface area contributed by atoms with Gasteiger partial charge >= 0.3 is 0 Å². The van der Waals surface area contributed by atoms with Crippen LogP contribution in [0.3, 0.4) is 0 Å². The lowest BCUT2D eigenvalue weighted by atomic mass is 9.89. The van der Waals surface area contributed by atoms with Crippen molar-refractivity contribution in [1.82, 2.24) is 14.9 Å². The third kappa shape index (κ3) is 3.97. The van der Waals surface area contributed by atoms with Crippen molar-refractivity contribution in [2.75, 3.05) is 30.1 Å². The topological polar surface area (TPSA) is 73.8 Å². The Morgan fingerprint density at radius 3 is 2.90 bits per heavy atom. The van der Waals surface area contributed by atoms with Gasteiger partial charge in [0, 0.05) is 41.4 Å². The molecular weight excluding hydrogens is 402 g/mol. The van der Waals surface area contributed by atoms with Gasteiger partial charge in [-0.3, -0.25) is 0 Å². The van der Waals surface area contributed by atoms with Gasteiger partial charge < -0.3 is 25.0 Å². The van der Waals surface area contributed by atoms with Crippen molar-refractivity contribution in [3.63, 3.8) is 0 Å². The molecule has 3 heterocycles. The fourth-order valence-corrected chi connectivity index (χ4v) is 4.23. The average molecular weight is 430 g/mol. The van der Waals surface area contributed by atoms with Crippen LogP contribution in [0, 0.1) is 6.92 Å². The number of hydrogen-bond donors (Lipinski definition) is 2. The molecule has 1 aromatic carbocycles. The molecule has 7 nitrogen and oxygen atoms in total. The number of rotatable bonds is 6. The minimum absolute atomic E-state index is 0.0926. The van der Waals surface area contributed by atoms with Crippen LogP contribution in [0.4, 0.5) is 11.8 Å². The Balaban J connectivity index is 1.54. The van der Waals surface area contributed by atoms with Gasteiger partial charge in [0.25, 0.3) is 0 Å². The molecule has 2 aliphatic rings. The van der Waals surface area contributed by atoms with E-state index in [-0.39, 0.29) is 18.2 Å². The van der Waals surface area contributed by atoms with Crippen LogP contribution in [0.15, 0.2) is 36.8 Å². The molecule has 2 aliphatic heterocycles. The Hall–Kier alpha value is -2.35. The first-order valence-electron chi connectivity index (χ1n) is 10.2. The van der Waals surface area contributed by atoms with E-state index in [1.54, 1.807) is 0 Å². The molecule has 0 bridgehead atoms. The monoisotopic (exact) mass is 429 g/mol. The molecule has 1 saturated heterocycles. The van der Waals surface area contributed by atoms with E-state index in [4.69, 9.17) is 21.3 Å². The lowest BCUT2D eigenvalue weighted by Gasteiger charge is -2.38. The SMILES string of the molecule is Cc1cnc(NC2CCOC2)nc1N1C=CN(C(C)(C)c2cccc(Cl)c2CO)C1. The molecule has 1 fully saturated rings. The molecule has 160 valence electrons. The van der Waals surface area contributed by atoms with Gasteiger partial charge in [0.15, 0.2) is 0 Å². The van der Waals surface area contributed by atoms with E-state index in [9.17, 15) is 5.11 Å². The molecule has 1 unspecified atom stereocenters. The lowest BCUT2D eigenvalue weighted by Crippen LogP contribution is -2.40. The number of nitrogens with zero attached hydrogens (tertiary/aromatic N) is 4. The number of anilines is 2. The molecule has 30 heavy (non-hydrogen) atoms. The zero-order valence-corrected chi connectivity index (χ0v) is 18.4. The van der Waals surface area contributed by atoms with E-state index in [0.29, 0.717) is 24.2 Å². The normalized spacial score (nSPS) is 19.0. The summed E-state index contributed by atoms with van der Waals surface area (Å²) in [5.41, 5.74) is 2.41. The maximum atomic E-state index is 9.86. The van der Waals surface area contributed by atoms with Crippen molar-refractivity contribution < 1.29 is 9.84 Å². The van der Waals surface area contributed by atoms with Gasteiger partial charge in [-0.2, -0.15) is 4.98 Å². The van der Waals surface area contributed by atoms with Crippen LogP contribution in [0.1, 0.15) is 37.0 Å². The maximum Gasteiger partial charge on any atom is 0.224 e. The molecule has 0 aliphatic carbocycles. The van der Waals surface area contributed by atoms with E-state index in [1.807, 2.05) is 37.5 Å². The second-order valence-corrected chi connectivity index (χ2v) is 8.67. The second-order valence-electron chi connectivity index (χ2n) is 8.27. The minimum atomic E-state index is -0.364. The van der Waals surface area contributed by atoms with Crippen LogP contribution in [-0.4, -0.2) is 45.9 Å². The van der Waals surface area contributed by atoms with Crippen molar-refractivity contribution >= 4 is 23.4 Å². The van der Waals surface area contributed by atoms with Gasteiger partial charge in [-0.1, -0.05) is 23.7 Å². The number of aromatic nitrogens is 2. The molecule has 2 aromatic rings. The molecule has 4 rings (SSSR count). The molecule has 0 amide bonds. The van der Waals surface area contributed by atoms with Crippen molar-refractivity contribution in [1.29, 1.82) is 0 Å². The van der Waals surface area contributed by atoms with Crippen molar-refractivity contribution in [3.8, 4) is 0 Å². The highest BCUT2D eigenvalue weighted by molar-refractivity contribution is 6.31. The van der Waals surface area contributed by atoms with Crippen LogP contribution in [0.5, 0.6) is 0 Å². The van der Waals surface area contributed by atoms with E-state index >= 15 is 0 Å². The zero-order valence-electron chi connectivity index (χ0n) is 17.6. The molecule has 1 aromatic heterocycles. The zero-order chi connectivity index (χ0) is 21.3. The minimum Gasteiger partial charge on any atom is -0.392 e. The van der Waals surface area contributed by atoms with Gasteiger partial charge in [0.1, 0.15) is 5.82 Å². The summed E-state index contributed by atoms with van der Waals surface area (Å²) >= 11 is 6.34. The lowest BCUT2D eigenvalue weighted by molar-refractivity contribution is 0.195. The van der Waals surface area contributed by atoms with E-state index in [1.165, 1.54) is 0 Å². The molecule has 0 saturated carbocycles. The number of aryl methyl sites for hydroxylation is 1. The van der Waals surface area contributed by atoms with Crippen LogP contribution in [0.25, 0.3) is 0 Å². The predicted octanol–water partition coefficient (Wildman–Crippen LogP) is 3.62. The van der Waals surface area contributed by atoms with Crippen LogP contribution in [0.2, 0.25) is 5.02 Å². The fraction of sp³-hybridized carbons (Fsp3) is 0.455. The van der Waals surface area contributed by atoms with Gasteiger partial charge in [-0.05, 0) is 38.8 Å². The maximum absolute atomic E-state index is 9.86. The molecule has 0 radical (unpaired) electrons. The number of aliphatic hydroxyl groups excluding tert-OH is 1. The Kier molecular flexibility index (Phi) is 5.86. The summed E-state index contributed by atoms with van der Waals surface area (Å²) in [7, 11) is 0. The molecule has 2 N–H and O–H groups in total. The Morgan fingerprint density at radius 1 is 1.33 bits per heavy atom. The molecule has 1 atom stereocenters. The fourth-order valence-electron chi connectivity index (χ4n) is 3.99. The number of nitrogens with one attached hydrogen (secondary N) is 1. The number of halogens is 1. The Morgan fingerprint density at radius 2 is 2.17 bits per heavy atom. The summed E-state index contributed by atoms with van der Waals surface area (Å²) in [6.45, 7) is 8.27. The first kappa shape index (κ1) is 20.9. The smallest absolute Gasteiger partial charge is 0.224 e. The van der Waals surface area contributed by atoms with Crippen molar-refractivity contribution in [2.45, 2.75) is 45.4 Å². The quantitative estimate of drug-likeness (QED) is 0.726. The highest BCUT2D eigenvalue weighted by atomic mass is 35.5. The Labute approximate surface area is 182 Å². The van der Waals surface area contributed by atoms with Crippen molar-refractivity contribution in [3.05, 3.63) is 58.5 Å². The standard InChI is InChI=1S/C22H28ClN5O2/c1-15-11-24-21(25-16-7-10-30-13-16)26-20(15)27-8-9-28(14-27)22(2,3)18-5-4-6-19(23)17(18)12-29/h4-6,8-9,11,16,29H,7,10,12-14H2,1-3H3,(H,24,25,26). The third-order valence-electron chi connectivity index (χ3n) is 5.87. The van der Waals surface area contributed by atoms with Gasteiger partial charge in [-0.25, -0.2) is 4.98 Å². The summed E-state index contributed by atoms with van der Waals surface area (Å²) in [6.07, 6.45) is 6.90. The first-order valence-corrected chi connectivity index (χ1v) is 10.6. The molecule has 0 spiro atoms. The van der Waals surface area contributed by atoms with Gasteiger partial charge in [-0.15, -0.1) is 0 Å². The van der Waals surface area contributed by atoms with Gasteiger partial charge in [0.2, 0.25) is 5.95 Å². The highest BCUT2D eigenvalue weighted by Gasteiger charge is 2.33. The van der Waals surface area contributed by atoms with Crippen LogP contribution in [-0.2, 0) is 16.9 Å². The first-order chi connectivity index (χ1) is 14.4. The number of benzene rings is 1. The average Bonchev–Trinajstić information content (AvgIpc) is 3.41. The Bertz CT molecular complexity index is 943. The van der Waals surface area contributed by atoms with Crippen LogP contribution >= 0.6 is 11.6 Å². The molecular formula is C22H28ClN5O2. The summed E-state index contributed by atoms with van der Waals surface area (Å²) in [5.74, 6) is 1.49. The van der Waals surface area contributed by atoms with E-state index < -0.39 is 0 Å². The highest BCUT2D eigenvalue weighted by Crippen LogP contribution is 2.36. The molecule has 8 heteroatoms. The summed E-state index contributed by atoms with van der Waals surface area (Å²) in [4.78, 5) is 13.5. The second kappa shape index (κ2) is 8.41. The van der Waals surface area contributed by atoms with Crippen LogP contribution < -0.4 is 10.2 Å². The van der Waals surface area contributed by atoms with Crippen molar-refractivity contribution in [2.24, 2.45) is 0 Å². The van der Waals surface area contributed by atoms with Gasteiger partial charge in [0.05, 0.1) is 31.5 Å². The summed E-state index contributed by atoms with van der Waals surface area (Å²) < 4.78 is 5.43.